The van der Waals surface area contributed by atoms with E-state index in [-0.39, 0.29) is 23.4 Å². The molecule has 6 heteroatoms. The lowest BCUT2D eigenvalue weighted by molar-refractivity contribution is 0.0136. The van der Waals surface area contributed by atoms with Crippen LogP contribution in [-0.4, -0.2) is 31.6 Å². The summed E-state index contributed by atoms with van der Waals surface area (Å²) in [6.45, 7) is 0.499. The molecule has 0 saturated heterocycles. The molecule has 1 saturated carbocycles. The molecule has 5 nitrogen and oxygen atoms in total. The Morgan fingerprint density at radius 1 is 0.912 bits per heavy atom. The third-order valence-corrected chi connectivity index (χ3v) is 7.27. The van der Waals surface area contributed by atoms with Crippen LogP contribution in [0.2, 0.25) is 0 Å². The third kappa shape index (κ3) is 5.33. The standard InChI is InChI=1S/C28H28BrNO4/c1-33-25-14-8-6-12-23(25)26(31)30-19-28(20-9-3-2-4-10-20)17-15-21(16-18-28)34-27(32)22-11-5-7-13-24(22)29/h2-14,21H,15-19H2,1H3,(H,30,31). The Hall–Kier alpha value is -3.12. The minimum Gasteiger partial charge on any atom is -0.496 e. The van der Waals surface area contributed by atoms with Crippen LogP contribution in [0.5, 0.6) is 5.75 Å². The van der Waals surface area contributed by atoms with Gasteiger partial charge in [0.05, 0.1) is 18.2 Å². The molecule has 0 aliphatic heterocycles. The molecule has 1 amide bonds. The van der Waals surface area contributed by atoms with Gasteiger partial charge >= 0.3 is 5.97 Å². The van der Waals surface area contributed by atoms with Crippen molar-refractivity contribution < 1.29 is 19.1 Å². The highest BCUT2D eigenvalue weighted by Gasteiger charge is 2.38. The van der Waals surface area contributed by atoms with Gasteiger partial charge in [0.1, 0.15) is 11.9 Å². The number of hydrogen-bond acceptors (Lipinski definition) is 4. The van der Waals surface area contributed by atoms with Crippen molar-refractivity contribution in [1.82, 2.24) is 5.32 Å². The van der Waals surface area contributed by atoms with Crippen LogP contribution < -0.4 is 10.1 Å². The number of esters is 1. The van der Waals surface area contributed by atoms with E-state index in [9.17, 15) is 9.59 Å². The minimum atomic E-state index is -0.311. The summed E-state index contributed by atoms with van der Waals surface area (Å²) >= 11 is 3.42. The van der Waals surface area contributed by atoms with Crippen molar-refractivity contribution in [3.05, 3.63) is 100 Å². The van der Waals surface area contributed by atoms with E-state index in [0.29, 0.717) is 23.4 Å². The maximum absolute atomic E-state index is 13.0. The van der Waals surface area contributed by atoms with Gasteiger partial charge in [-0.3, -0.25) is 4.79 Å². The van der Waals surface area contributed by atoms with Crippen LogP contribution in [0.25, 0.3) is 0 Å². The molecular formula is C28H28BrNO4. The quantitative estimate of drug-likeness (QED) is 0.391. The summed E-state index contributed by atoms with van der Waals surface area (Å²) in [4.78, 5) is 25.7. The van der Waals surface area contributed by atoms with E-state index in [1.165, 1.54) is 5.56 Å². The summed E-state index contributed by atoms with van der Waals surface area (Å²) in [7, 11) is 1.56. The number of rotatable bonds is 7. The van der Waals surface area contributed by atoms with Gasteiger partial charge < -0.3 is 14.8 Å². The minimum absolute atomic E-state index is 0.152. The van der Waals surface area contributed by atoms with E-state index in [2.05, 4.69) is 33.4 Å². The van der Waals surface area contributed by atoms with E-state index < -0.39 is 0 Å². The number of benzene rings is 3. The zero-order valence-corrected chi connectivity index (χ0v) is 20.7. The Morgan fingerprint density at radius 3 is 2.21 bits per heavy atom. The first-order chi connectivity index (χ1) is 16.5. The Kier molecular flexibility index (Phi) is 7.68. The molecule has 4 rings (SSSR count). The topological polar surface area (TPSA) is 64.6 Å². The van der Waals surface area contributed by atoms with Crippen LogP contribution in [0.1, 0.15) is 52.0 Å². The number of nitrogens with one attached hydrogen (secondary N) is 1. The number of carbonyl (C=O) groups excluding carboxylic acids is 2. The van der Waals surface area contributed by atoms with Gasteiger partial charge in [0.2, 0.25) is 0 Å². The van der Waals surface area contributed by atoms with Crippen molar-refractivity contribution in [1.29, 1.82) is 0 Å². The highest BCUT2D eigenvalue weighted by atomic mass is 79.9. The van der Waals surface area contributed by atoms with Gasteiger partial charge in [-0.15, -0.1) is 0 Å². The molecule has 176 valence electrons. The molecule has 0 aromatic heterocycles. The first-order valence-corrected chi connectivity index (χ1v) is 12.2. The zero-order valence-electron chi connectivity index (χ0n) is 19.1. The molecule has 3 aromatic carbocycles. The van der Waals surface area contributed by atoms with Gasteiger partial charge in [0.25, 0.3) is 5.91 Å². The average Bonchev–Trinajstić information content (AvgIpc) is 2.89. The van der Waals surface area contributed by atoms with Crippen molar-refractivity contribution in [3.63, 3.8) is 0 Å². The SMILES string of the molecule is COc1ccccc1C(=O)NCC1(c2ccccc2)CCC(OC(=O)c2ccccc2Br)CC1. The molecule has 0 spiro atoms. The lowest BCUT2D eigenvalue weighted by atomic mass is 9.68. The monoisotopic (exact) mass is 521 g/mol. The fourth-order valence-corrected chi connectivity index (χ4v) is 5.09. The van der Waals surface area contributed by atoms with Gasteiger partial charge in [0, 0.05) is 16.4 Å². The molecule has 3 aromatic rings. The van der Waals surface area contributed by atoms with Crippen molar-refractivity contribution in [3.8, 4) is 5.75 Å². The lowest BCUT2D eigenvalue weighted by Gasteiger charge is -2.40. The van der Waals surface area contributed by atoms with Crippen LogP contribution in [-0.2, 0) is 10.2 Å². The average molecular weight is 522 g/mol. The summed E-state index contributed by atoms with van der Waals surface area (Å²) in [5, 5.41) is 3.14. The number of carbonyl (C=O) groups is 2. The normalized spacial score (nSPS) is 19.8. The summed E-state index contributed by atoms with van der Waals surface area (Å²) < 4.78 is 11.9. The maximum Gasteiger partial charge on any atom is 0.339 e. The Labute approximate surface area is 208 Å². The highest BCUT2D eigenvalue weighted by Crippen LogP contribution is 2.40. The number of methoxy groups -OCH3 is 1. The zero-order chi connectivity index (χ0) is 24.0. The number of halogens is 1. The number of hydrogen-bond donors (Lipinski definition) is 1. The molecule has 1 aliphatic carbocycles. The Morgan fingerprint density at radius 2 is 1.53 bits per heavy atom. The largest absolute Gasteiger partial charge is 0.496 e. The third-order valence-electron chi connectivity index (χ3n) is 6.58. The molecule has 1 aliphatic rings. The van der Waals surface area contributed by atoms with E-state index >= 15 is 0 Å². The van der Waals surface area contributed by atoms with E-state index in [0.717, 1.165) is 30.2 Å². The summed E-state index contributed by atoms with van der Waals surface area (Å²) in [6.07, 6.45) is 2.92. The van der Waals surface area contributed by atoms with Crippen LogP contribution in [0.15, 0.2) is 83.3 Å². The van der Waals surface area contributed by atoms with Gasteiger partial charge in [-0.05, 0) is 71.4 Å². The summed E-state index contributed by atoms with van der Waals surface area (Å²) in [6, 6.07) is 24.8. The van der Waals surface area contributed by atoms with Crippen LogP contribution >= 0.6 is 15.9 Å². The smallest absolute Gasteiger partial charge is 0.339 e. The molecule has 0 bridgehead atoms. The Bertz CT molecular complexity index is 1140. The van der Waals surface area contributed by atoms with Crippen molar-refractivity contribution in [2.24, 2.45) is 0 Å². The van der Waals surface area contributed by atoms with E-state index in [1.54, 1.807) is 25.3 Å². The second-order valence-electron chi connectivity index (χ2n) is 8.61. The maximum atomic E-state index is 13.0. The molecule has 34 heavy (non-hydrogen) atoms. The molecule has 1 fully saturated rings. The van der Waals surface area contributed by atoms with Crippen molar-refractivity contribution >= 4 is 27.8 Å². The predicted molar refractivity (Wildman–Crippen MR) is 135 cm³/mol. The van der Waals surface area contributed by atoms with Crippen LogP contribution in [0.4, 0.5) is 0 Å². The predicted octanol–water partition coefficient (Wildman–Crippen LogP) is 5.93. The molecule has 0 unspecified atom stereocenters. The van der Waals surface area contributed by atoms with Gasteiger partial charge in [0.15, 0.2) is 0 Å². The first-order valence-electron chi connectivity index (χ1n) is 11.4. The fraction of sp³-hybridized carbons (Fsp3) is 0.286. The second-order valence-corrected chi connectivity index (χ2v) is 9.47. The second kappa shape index (κ2) is 10.9. The molecule has 0 heterocycles. The molecule has 0 atom stereocenters. The molecular weight excluding hydrogens is 494 g/mol. The molecule has 1 N–H and O–H groups in total. The van der Waals surface area contributed by atoms with Gasteiger partial charge in [-0.25, -0.2) is 4.79 Å². The van der Waals surface area contributed by atoms with E-state index in [1.807, 2.05) is 48.5 Å². The van der Waals surface area contributed by atoms with E-state index in [4.69, 9.17) is 9.47 Å². The van der Waals surface area contributed by atoms with Crippen LogP contribution in [0, 0.1) is 0 Å². The summed E-state index contributed by atoms with van der Waals surface area (Å²) in [5.74, 6) is 0.0841. The fourth-order valence-electron chi connectivity index (χ4n) is 4.64. The van der Waals surface area contributed by atoms with Gasteiger partial charge in [-0.2, -0.15) is 0 Å². The number of para-hydroxylation sites is 1. The van der Waals surface area contributed by atoms with Crippen molar-refractivity contribution in [2.75, 3.05) is 13.7 Å². The number of amides is 1. The van der Waals surface area contributed by atoms with Crippen molar-refractivity contribution in [2.45, 2.75) is 37.2 Å². The summed E-state index contributed by atoms with van der Waals surface area (Å²) in [5.41, 5.74) is 2.01. The number of ether oxygens (including phenoxy) is 2. The Balaban J connectivity index is 1.46. The highest BCUT2D eigenvalue weighted by molar-refractivity contribution is 9.10. The first kappa shape index (κ1) is 24.0. The lowest BCUT2D eigenvalue weighted by Crippen LogP contribution is -2.44. The van der Waals surface area contributed by atoms with Crippen LogP contribution in [0.3, 0.4) is 0 Å². The van der Waals surface area contributed by atoms with Gasteiger partial charge in [-0.1, -0.05) is 54.6 Å². The molecule has 0 radical (unpaired) electrons.